The zero-order valence-electron chi connectivity index (χ0n) is 8.60. The summed E-state index contributed by atoms with van der Waals surface area (Å²) >= 11 is 0. The summed E-state index contributed by atoms with van der Waals surface area (Å²) in [4.78, 5) is 0. The molecule has 2 atom stereocenters. The van der Waals surface area contributed by atoms with Crippen LogP contribution in [0.2, 0.25) is 0 Å². The second-order valence-corrected chi connectivity index (χ2v) is 5.05. The summed E-state index contributed by atoms with van der Waals surface area (Å²) < 4.78 is 0. The lowest BCUT2D eigenvalue weighted by molar-refractivity contribution is 0.691. The van der Waals surface area contributed by atoms with Crippen LogP contribution < -0.4 is 0 Å². The van der Waals surface area contributed by atoms with Crippen molar-refractivity contribution in [3.05, 3.63) is 36.5 Å². The molecule has 0 heteroatoms. The van der Waals surface area contributed by atoms with Crippen LogP contribution in [0.15, 0.2) is 36.5 Å². The van der Waals surface area contributed by atoms with E-state index < -0.39 is 0 Å². The van der Waals surface area contributed by atoms with Crippen LogP contribution in [-0.2, 0) is 0 Å². The molecule has 14 heavy (non-hydrogen) atoms. The van der Waals surface area contributed by atoms with Crippen molar-refractivity contribution in [1.82, 2.24) is 0 Å². The molecule has 0 spiro atoms. The summed E-state index contributed by atoms with van der Waals surface area (Å²) in [5.74, 6) is 3.60. The summed E-state index contributed by atoms with van der Waals surface area (Å²) in [5.41, 5.74) is 0. The highest BCUT2D eigenvalue weighted by Crippen LogP contribution is 2.38. The molecule has 0 radical (unpaired) electrons. The van der Waals surface area contributed by atoms with Gasteiger partial charge in [-0.3, -0.25) is 0 Å². The largest absolute Gasteiger partial charge is 0.0851 e. The quantitative estimate of drug-likeness (QED) is 0.506. The molecule has 0 amide bonds. The number of rotatable bonds is 0. The standard InChI is InChI=1S/C7H10.C7H8/c2*1-2-7-4-3-6(1)5-7/h1-2,6-7H,3-5H2;1-4,6-7H,5H2. The zero-order valence-corrected chi connectivity index (χ0v) is 8.60. The number of hydrogen-bond acceptors (Lipinski definition) is 0. The lowest BCUT2D eigenvalue weighted by Crippen LogP contribution is -1.82. The third-order valence-corrected chi connectivity index (χ3v) is 3.92. The molecule has 0 nitrogen and oxygen atoms in total. The molecule has 0 aromatic rings. The minimum absolute atomic E-state index is 0.810. The van der Waals surface area contributed by atoms with Crippen molar-refractivity contribution < 1.29 is 0 Å². The van der Waals surface area contributed by atoms with Crippen LogP contribution in [0, 0.1) is 23.7 Å². The average molecular weight is 186 g/mol. The molecule has 0 aromatic heterocycles. The van der Waals surface area contributed by atoms with Crippen LogP contribution in [-0.4, -0.2) is 0 Å². The van der Waals surface area contributed by atoms with Crippen LogP contribution >= 0.6 is 0 Å². The second-order valence-electron chi connectivity index (χ2n) is 5.05. The molecule has 1 fully saturated rings. The predicted octanol–water partition coefficient (Wildman–Crippen LogP) is 3.72. The van der Waals surface area contributed by atoms with Gasteiger partial charge in [0, 0.05) is 0 Å². The number of hydrogen-bond donors (Lipinski definition) is 0. The molecule has 0 N–H and O–H groups in total. The van der Waals surface area contributed by atoms with Gasteiger partial charge in [0.05, 0.1) is 0 Å². The average Bonchev–Trinajstić information content (AvgIpc) is 3.01. The first-order valence-electron chi connectivity index (χ1n) is 5.95. The van der Waals surface area contributed by atoms with E-state index >= 15 is 0 Å². The molecule has 2 unspecified atom stereocenters. The third-order valence-electron chi connectivity index (χ3n) is 3.92. The van der Waals surface area contributed by atoms with Crippen molar-refractivity contribution in [2.45, 2.75) is 25.7 Å². The zero-order chi connectivity index (χ0) is 9.38. The molecular formula is C14H18. The fourth-order valence-electron chi connectivity index (χ4n) is 3.04. The Labute approximate surface area is 86.4 Å². The minimum atomic E-state index is 0.810. The van der Waals surface area contributed by atoms with Crippen molar-refractivity contribution in [2.24, 2.45) is 23.7 Å². The SMILES string of the molecule is C1=CC2C=CC1C2.C1=CC2CCC1C2. The van der Waals surface area contributed by atoms with E-state index in [2.05, 4.69) is 36.5 Å². The highest BCUT2D eigenvalue weighted by atomic mass is 14.3. The first kappa shape index (κ1) is 8.52. The van der Waals surface area contributed by atoms with Gasteiger partial charge in [0.2, 0.25) is 0 Å². The third kappa shape index (κ3) is 1.58. The van der Waals surface area contributed by atoms with Crippen molar-refractivity contribution in [1.29, 1.82) is 0 Å². The van der Waals surface area contributed by atoms with Crippen molar-refractivity contribution in [3.63, 3.8) is 0 Å². The molecule has 0 aliphatic heterocycles. The Kier molecular flexibility index (Phi) is 2.08. The molecule has 4 aliphatic carbocycles. The van der Waals surface area contributed by atoms with Crippen molar-refractivity contribution in [2.75, 3.05) is 0 Å². The lowest BCUT2D eigenvalue weighted by Gasteiger charge is -1.96. The Morgan fingerprint density at radius 1 is 0.571 bits per heavy atom. The van der Waals surface area contributed by atoms with E-state index in [1.54, 1.807) is 0 Å². The molecule has 0 aromatic carbocycles. The maximum Gasteiger partial charge on any atom is -0.00445 e. The number of allylic oxidation sites excluding steroid dienone is 6. The first-order chi connectivity index (χ1) is 6.90. The van der Waals surface area contributed by atoms with Gasteiger partial charge in [-0.15, -0.1) is 0 Å². The molecule has 4 bridgehead atoms. The molecule has 74 valence electrons. The fraction of sp³-hybridized carbons (Fsp3) is 0.571. The molecule has 4 aliphatic rings. The summed E-state index contributed by atoms with van der Waals surface area (Å²) in [6, 6.07) is 0. The molecule has 4 rings (SSSR count). The maximum absolute atomic E-state index is 2.38. The highest BCUT2D eigenvalue weighted by Gasteiger charge is 2.25. The van der Waals surface area contributed by atoms with Crippen molar-refractivity contribution >= 4 is 0 Å². The highest BCUT2D eigenvalue weighted by molar-refractivity contribution is 5.21. The Bertz CT molecular complexity index is 252. The molecular weight excluding hydrogens is 168 g/mol. The number of fused-ring (bicyclic) bond motifs is 4. The fourth-order valence-corrected chi connectivity index (χ4v) is 3.04. The van der Waals surface area contributed by atoms with Gasteiger partial charge < -0.3 is 0 Å². The van der Waals surface area contributed by atoms with Gasteiger partial charge >= 0.3 is 0 Å². The Morgan fingerprint density at radius 2 is 1.07 bits per heavy atom. The molecule has 1 saturated carbocycles. The maximum atomic E-state index is 2.38. The molecule has 0 heterocycles. The smallest absolute Gasteiger partial charge is 0.00445 e. The molecule has 0 saturated heterocycles. The van der Waals surface area contributed by atoms with Gasteiger partial charge in [-0.2, -0.15) is 0 Å². The Hall–Kier alpha value is -0.780. The first-order valence-corrected chi connectivity index (χ1v) is 5.95. The minimum Gasteiger partial charge on any atom is -0.0851 e. The van der Waals surface area contributed by atoms with Gasteiger partial charge in [-0.05, 0) is 49.4 Å². The van der Waals surface area contributed by atoms with Crippen LogP contribution in [0.1, 0.15) is 25.7 Å². The van der Waals surface area contributed by atoms with Gasteiger partial charge in [-0.25, -0.2) is 0 Å². The van der Waals surface area contributed by atoms with E-state index in [1.165, 1.54) is 25.7 Å². The van der Waals surface area contributed by atoms with Gasteiger partial charge in [-0.1, -0.05) is 36.5 Å². The lowest BCUT2D eigenvalue weighted by atomic mass is 10.1. The second kappa shape index (κ2) is 3.42. The van der Waals surface area contributed by atoms with E-state index in [0.717, 1.165) is 23.7 Å². The Balaban J connectivity index is 0.0000000914. The topological polar surface area (TPSA) is 0 Å². The summed E-state index contributed by atoms with van der Waals surface area (Å²) in [6.07, 6.45) is 19.7. The monoisotopic (exact) mass is 186 g/mol. The van der Waals surface area contributed by atoms with Gasteiger partial charge in [0.15, 0.2) is 0 Å². The van der Waals surface area contributed by atoms with Gasteiger partial charge in [0.1, 0.15) is 0 Å². The van der Waals surface area contributed by atoms with E-state index in [0.29, 0.717) is 0 Å². The van der Waals surface area contributed by atoms with Crippen LogP contribution in [0.5, 0.6) is 0 Å². The van der Waals surface area contributed by atoms with Gasteiger partial charge in [0.25, 0.3) is 0 Å². The summed E-state index contributed by atoms with van der Waals surface area (Å²) in [7, 11) is 0. The van der Waals surface area contributed by atoms with Crippen LogP contribution in [0.3, 0.4) is 0 Å². The van der Waals surface area contributed by atoms with E-state index in [-0.39, 0.29) is 0 Å². The summed E-state index contributed by atoms with van der Waals surface area (Å²) in [5, 5.41) is 0. The Morgan fingerprint density at radius 3 is 1.21 bits per heavy atom. The van der Waals surface area contributed by atoms with E-state index in [1.807, 2.05) is 0 Å². The predicted molar refractivity (Wildman–Crippen MR) is 59.8 cm³/mol. The summed E-state index contributed by atoms with van der Waals surface area (Å²) in [6.45, 7) is 0. The van der Waals surface area contributed by atoms with E-state index in [4.69, 9.17) is 0 Å². The van der Waals surface area contributed by atoms with Crippen LogP contribution in [0.4, 0.5) is 0 Å². The van der Waals surface area contributed by atoms with Crippen LogP contribution in [0.25, 0.3) is 0 Å². The van der Waals surface area contributed by atoms with Crippen molar-refractivity contribution in [3.8, 4) is 0 Å². The normalized spacial score (nSPS) is 44.6. The van der Waals surface area contributed by atoms with E-state index in [9.17, 15) is 0 Å².